The van der Waals surface area contributed by atoms with Crippen molar-refractivity contribution in [3.05, 3.63) is 29.3 Å². The van der Waals surface area contributed by atoms with Crippen molar-refractivity contribution in [3.63, 3.8) is 0 Å². The first-order valence-electron chi connectivity index (χ1n) is 7.26. The predicted octanol–water partition coefficient (Wildman–Crippen LogP) is 1.84. The van der Waals surface area contributed by atoms with Crippen LogP contribution >= 0.6 is 11.3 Å². The topological polar surface area (TPSA) is 48.4 Å². The van der Waals surface area contributed by atoms with Crippen LogP contribution in [0, 0.1) is 0 Å². The highest BCUT2D eigenvalue weighted by Gasteiger charge is 2.18. The SMILES string of the molecule is OCCN(Cc1nc2ccccc2s1)CC1CCCN1. The highest BCUT2D eigenvalue weighted by Crippen LogP contribution is 2.22. The van der Waals surface area contributed by atoms with E-state index in [1.807, 2.05) is 6.07 Å². The number of aliphatic hydroxyl groups is 1. The van der Waals surface area contributed by atoms with E-state index in [2.05, 4.69) is 33.4 Å². The highest BCUT2D eigenvalue weighted by atomic mass is 32.1. The monoisotopic (exact) mass is 291 g/mol. The van der Waals surface area contributed by atoms with E-state index in [0.717, 1.165) is 30.2 Å². The molecule has 1 aromatic heterocycles. The zero-order valence-corrected chi connectivity index (χ0v) is 12.4. The van der Waals surface area contributed by atoms with E-state index in [1.54, 1.807) is 11.3 Å². The fraction of sp³-hybridized carbons (Fsp3) is 0.533. The molecule has 0 amide bonds. The van der Waals surface area contributed by atoms with Crippen LogP contribution in [0.2, 0.25) is 0 Å². The Bertz CT molecular complexity index is 518. The molecule has 1 fully saturated rings. The lowest BCUT2D eigenvalue weighted by Gasteiger charge is -2.23. The molecule has 1 atom stereocenters. The van der Waals surface area contributed by atoms with Crippen molar-refractivity contribution in [1.82, 2.24) is 15.2 Å². The largest absolute Gasteiger partial charge is 0.395 e. The van der Waals surface area contributed by atoms with E-state index < -0.39 is 0 Å². The van der Waals surface area contributed by atoms with E-state index in [-0.39, 0.29) is 6.61 Å². The lowest BCUT2D eigenvalue weighted by Crippen LogP contribution is -2.38. The van der Waals surface area contributed by atoms with Gasteiger partial charge in [0.2, 0.25) is 0 Å². The maximum Gasteiger partial charge on any atom is 0.108 e. The number of fused-ring (bicyclic) bond motifs is 1. The summed E-state index contributed by atoms with van der Waals surface area (Å²) in [4.78, 5) is 6.99. The maximum atomic E-state index is 9.25. The first-order chi connectivity index (χ1) is 9.85. The van der Waals surface area contributed by atoms with Crippen molar-refractivity contribution >= 4 is 21.6 Å². The summed E-state index contributed by atoms with van der Waals surface area (Å²) in [5.74, 6) is 0. The number of hydrogen-bond donors (Lipinski definition) is 2. The molecular formula is C15H21N3OS. The minimum atomic E-state index is 0.206. The fourth-order valence-electron chi connectivity index (χ4n) is 2.78. The molecule has 1 unspecified atom stereocenters. The first kappa shape index (κ1) is 13.9. The van der Waals surface area contributed by atoms with Gasteiger partial charge in [0.15, 0.2) is 0 Å². The normalized spacial score (nSPS) is 19.2. The van der Waals surface area contributed by atoms with Gasteiger partial charge in [0.25, 0.3) is 0 Å². The molecule has 0 saturated carbocycles. The molecule has 1 aliphatic rings. The number of thiazole rings is 1. The Kier molecular flexibility index (Phi) is 4.62. The fourth-order valence-corrected chi connectivity index (χ4v) is 3.79. The van der Waals surface area contributed by atoms with E-state index in [1.165, 1.54) is 17.5 Å². The van der Waals surface area contributed by atoms with Crippen LogP contribution in [0.3, 0.4) is 0 Å². The molecule has 108 valence electrons. The van der Waals surface area contributed by atoms with Gasteiger partial charge in [-0.15, -0.1) is 11.3 Å². The maximum absolute atomic E-state index is 9.25. The quantitative estimate of drug-likeness (QED) is 0.853. The third-order valence-electron chi connectivity index (χ3n) is 3.75. The Morgan fingerprint density at radius 2 is 2.30 bits per heavy atom. The minimum absolute atomic E-state index is 0.206. The van der Waals surface area contributed by atoms with Gasteiger partial charge in [-0.2, -0.15) is 0 Å². The van der Waals surface area contributed by atoms with E-state index >= 15 is 0 Å². The number of rotatable bonds is 6. The van der Waals surface area contributed by atoms with Gasteiger partial charge in [0.1, 0.15) is 5.01 Å². The Labute approximate surface area is 123 Å². The second-order valence-electron chi connectivity index (χ2n) is 5.33. The summed E-state index contributed by atoms with van der Waals surface area (Å²) in [7, 11) is 0. The molecule has 0 aliphatic carbocycles. The zero-order valence-electron chi connectivity index (χ0n) is 11.6. The number of hydrogen-bond acceptors (Lipinski definition) is 5. The minimum Gasteiger partial charge on any atom is -0.395 e. The van der Waals surface area contributed by atoms with Crippen LogP contribution in [0.25, 0.3) is 10.2 Å². The lowest BCUT2D eigenvalue weighted by atomic mass is 10.2. The molecule has 1 saturated heterocycles. The van der Waals surface area contributed by atoms with Crippen LogP contribution in [0.15, 0.2) is 24.3 Å². The molecule has 1 aromatic carbocycles. The van der Waals surface area contributed by atoms with Crippen molar-refractivity contribution in [3.8, 4) is 0 Å². The van der Waals surface area contributed by atoms with E-state index in [0.29, 0.717) is 12.6 Å². The predicted molar refractivity (Wildman–Crippen MR) is 83.0 cm³/mol. The van der Waals surface area contributed by atoms with Crippen molar-refractivity contribution in [2.75, 3.05) is 26.2 Å². The molecule has 3 rings (SSSR count). The molecule has 0 bridgehead atoms. The van der Waals surface area contributed by atoms with Crippen LogP contribution in [0.1, 0.15) is 17.8 Å². The van der Waals surface area contributed by atoms with Gasteiger partial charge in [-0.25, -0.2) is 4.98 Å². The average molecular weight is 291 g/mol. The van der Waals surface area contributed by atoms with Crippen molar-refractivity contribution < 1.29 is 5.11 Å². The molecular weight excluding hydrogens is 270 g/mol. The number of para-hydroxylation sites is 1. The van der Waals surface area contributed by atoms with Crippen LogP contribution in [0.4, 0.5) is 0 Å². The van der Waals surface area contributed by atoms with Gasteiger partial charge >= 0.3 is 0 Å². The summed E-state index contributed by atoms with van der Waals surface area (Å²) >= 11 is 1.75. The Hall–Kier alpha value is -1.01. The summed E-state index contributed by atoms with van der Waals surface area (Å²) in [6.45, 7) is 3.87. The standard InChI is InChI=1S/C15H21N3OS/c19-9-8-18(10-12-4-3-7-16-12)11-15-17-13-5-1-2-6-14(13)20-15/h1-2,5-6,12,16,19H,3-4,7-11H2. The van der Waals surface area contributed by atoms with Crippen LogP contribution in [-0.4, -0.2) is 47.3 Å². The molecule has 2 aromatic rings. The Morgan fingerprint density at radius 3 is 3.05 bits per heavy atom. The Morgan fingerprint density at radius 1 is 1.40 bits per heavy atom. The van der Waals surface area contributed by atoms with Gasteiger partial charge in [0.05, 0.1) is 23.4 Å². The van der Waals surface area contributed by atoms with Gasteiger partial charge in [0, 0.05) is 19.1 Å². The average Bonchev–Trinajstić information content (AvgIpc) is 3.07. The number of aromatic nitrogens is 1. The van der Waals surface area contributed by atoms with Crippen LogP contribution in [0.5, 0.6) is 0 Å². The smallest absolute Gasteiger partial charge is 0.108 e. The molecule has 4 nitrogen and oxygen atoms in total. The molecule has 5 heteroatoms. The van der Waals surface area contributed by atoms with E-state index in [4.69, 9.17) is 0 Å². The van der Waals surface area contributed by atoms with Gasteiger partial charge in [-0.05, 0) is 31.5 Å². The van der Waals surface area contributed by atoms with Gasteiger partial charge in [-0.3, -0.25) is 4.90 Å². The highest BCUT2D eigenvalue weighted by molar-refractivity contribution is 7.18. The second kappa shape index (κ2) is 6.63. The van der Waals surface area contributed by atoms with Crippen LogP contribution in [-0.2, 0) is 6.54 Å². The lowest BCUT2D eigenvalue weighted by molar-refractivity contribution is 0.179. The van der Waals surface area contributed by atoms with Crippen LogP contribution < -0.4 is 5.32 Å². The molecule has 0 radical (unpaired) electrons. The van der Waals surface area contributed by atoms with E-state index in [9.17, 15) is 5.11 Å². The molecule has 2 heterocycles. The zero-order chi connectivity index (χ0) is 13.8. The first-order valence-corrected chi connectivity index (χ1v) is 8.08. The molecule has 20 heavy (non-hydrogen) atoms. The van der Waals surface area contributed by atoms with Crippen molar-refractivity contribution in [1.29, 1.82) is 0 Å². The molecule has 1 aliphatic heterocycles. The number of nitrogens with zero attached hydrogens (tertiary/aromatic N) is 2. The summed E-state index contributed by atoms with van der Waals surface area (Å²) in [5.41, 5.74) is 1.08. The summed E-state index contributed by atoms with van der Waals surface area (Å²) < 4.78 is 1.24. The van der Waals surface area contributed by atoms with Crippen molar-refractivity contribution in [2.24, 2.45) is 0 Å². The van der Waals surface area contributed by atoms with Crippen molar-refractivity contribution in [2.45, 2.75) is 25.4 Å². The number of nitrogens with one attached hydrogen (secondary N) is 1. The van der Waals surface area contributed by atoms with Gasteiger partial charge < -0.3 is 10.4 Å². The third kappa shape index (κ3) is 3.35. The Balaban J connectivity index is 1.68. The number of aliphatic hydroxyl groups excluding tert-OH is 1. The molecule has 0 spiro atoms. The number of benzene rings is 1. The summed E-state index contributed by atoms with van der Waals surface area (Å²) in [6, 6.07) is 8.82. The van der Waals surface area contributed by atoms with Gasteiger partial charge in [-0.1, -0.05) is 12.1 Å². The third-order valence-corrected chi connectivity index (χ3v) is 4.78. The summed E-state index contributed by atoms with van der Waals surface area (Å²) in [6.07, 6.45) is 2.50. The second-order valence-corrected chi connectivity index (χ2v) is 6.44. The molecule has 2 N–H and O–H groups in total. The summed E-state index contributed by atoms with van der Waals surface area (Å²) in [5, 5.41) is 13.9.